The van der Waals surface area contributed by atoms with Gasteiger partial charge in [-0.2, -0.15) is 0 Å². The van der Waals surface area contributed by atoms with E-state index in [9.17, 15) is 0 Å². The van der Waals surface area contributed by atoms with Gasteiger partial charge in [0.2, 0.25) is 0 Å². The quantitative estimate of drug-likeness (QED) is 0.287. The summed E-state index contributed by atoms with van der Waals surface area (Å²) in [5, 5.41) is 3.06. The average Bonchev–Trinajstić information content (AvgIpc) is 3.10. The normalized spacial score (nSPS) is 15.4. The van der Waals surface area contributed by atoms with Crippen molar-refractivity contribution in [3.8, 4) is 0 Å². The molecule has 0 bridgehead atoms. The highest BCUT2D eigenvalue weighted by molar-refractivity contribution is 6.61. The Morgan fingerprint density at radius 1 is 0.618 bits per heavy atom. The lowest BCUT2D eigenvalue weighted by molar-refractivity contribution is 0.835. The van der Waals surface area contributed by atoms with Gasteiger partial charge >= 0.3 is 0 Å². The van der Waals surface area contributed by atoms with Crippen LogP contribution in [-0.2, 0) is 0 Å². The zero-order valence-electron chi connectivity index (χ0n) is 20.4. The topological polar surface area (TPSA) is 24.7 Å². The summed E-state index contributed by atoms with van der Waals surface area (Å²) in [6.45, 7) is 11.0. The molecule has 0 aromatic heterocycles. The molecule has 4 aromatic rings. The largest absolute Gasteiger partial charge is 0.245 e. The van der Waals surface area contributed by atoms with Crippen molar-refractivity contribution in [1.82, 2.24) is 0 Å². The first kappa shape index (κ1) is 22.6. The maximum absolute atomic E-state index is 6.62. The molecule has 0 spiro atoms. The smallest absolute Gasteiger partial charge is 0.0979 e. The Morgan fingerprint density at radius 3 is 1.65 bits per heavy atom. The van der Waals surface area contributed by atoms with Crippen LogP contribution in [0.2, 0.25) is 5.02 Å². The zero-order chi connectivity index (χ0) is 24.0. The lowest BCUT2D eigenvalue weighted by Crippen LogP contribution is -2.11. The van der Waals surface area contributed by atoms with Gasteiger partial charge in [-0.25, -0.2) is 9.98 Å². The number of aryl methyl sites for hydroxylation is 1. The molecule has 34 heavy (non-hydrogen) atoms. The molecule has 0 N–H and O–H groups in total. The summed E-state index contributed by atoms with van der Waals surface area (Å²) in [5.74, 6) is 0.729. The Kier molecular flexibility index (Phi) is 5.87. The Balaban J connectivity index is 1.86. The van der Waals surface area contributed by atoms with Gasteiger partial charge in [0.05, 0.1) is 27.8 Å². The predicted octanol–water partition coefficient (Wildman–Crippen LogP) is 9.30. The fraction of sp³-hybridized carbons (Fsp3) is 0.226. The summed E-state index contributed by atoms with van der Waals surface area (Å²) in [5.41, 5.74) is 9.48. The summed E-state index contributed by atoms with van der Waals surface area (Å²) >= 11 is 6.62. The summed E-state index contributed by atoms with van der Waals surface area (Å²) < 4.78 is 0. The number of nitrogens with zero attached hydrogens (tertiary/aromatic N) is 2. The minimum Gasteiger partial charge on any atom is -0.245 e. The van der Waals surface area contributed by atoms with Crippen molar-refractivity contribution in [1.29, 1.82) is 0 Å². The van der Waals surface area contributed by atoms with Crippen LogP contribution in [0.25, 0.3) is 10.8 Å². The maximum Gasteiger partial charge on any atom is 0.0979 e. The number of rotatable bonds is 4. The molecule has 0 atom stereocenters. The summed E-state index contributed by atoms with van der Waals surface area (Å²) in [7, 11) is 0. The van der Waals surface area contributed by atoms with Gasteiger partial charge in [0.1, 0.15) is 0 Å². The maximum atomic E-state index is 6.62. The van der Waals surface area contributed by atoms with Gasteiger partial charge in [0.25, 0.3) is 0 Å². The van der Waals surface area contributed by atoms with Crippen LogP contribution in [0, 0.1) is 6.92 Å². The zero-order valence-corrected chi connectivity index (χ0v) is 21.1. The van der Waals surface area contributed by atoms with Crippen molar-refractivity contribution in [2.24, 2.45) is 9.98 Å². The molecule has 4 aromatic carbocycles. The molecule has 0 saturated heterocycles. The third kappa shape index (κ3) is 3.76. The summed E-state index contributed by atoms with van der Waals surface area (Å²) in [6, 6.07) is 25.3. The highest BCUT2D eigenvalue weighted by atomic mass is 35.5. The summed E-state index contributed by atoms with van der Waals surface area (Å²) in [6.07, 6.45) is 0. The first-order chi connectivity index (χ1) is 16.4. The molecule has 3 heteroatoms. The van der Waals surface area contributed by atoms with E-state index in [1.165, 1.54) is 21.9 Å². The number of halogens is 1. The Hall–Kier alpha value is -3.23. The van der Waals surface area contributed by atoms with Crippen LogP contribution >= 0.6 is 11.6 Å². The highest BCUT2D eigenvalue weighted by Gasteiger charge is 2.28. The number of para-hydroxylation sites is 2. The van der Waals surface area contributed by atoms with Gasteiger partial charge in [-0.1, -0.05) is 106 Å². The SMILES string of the molecule is Cc1cccc(Cl)c1/N=C1/C(=N/c2c(C(C)C)cccc2C(C)C)c2cccc3cccc1c23. The van der Waals surface area contributed by atoms with E-state index in [2.05, 4.69) is 95.3 Å². The van der Waals surface area contributed by atoms with E-state index < -0.39 is 0 Å². The fourth-order valence-electron chi connectivity index (χ4n) is 4.85. The third-order valence-electron chi connectivity index (χ3n) is 6.62. The lowest BCUT2D eigenvalue weighted by Gasteiger charge is -2.17. The molecule has 0 fully saturated rings. The second-order valence-corrected chi connectivity index (χ2v) is 10.0. The van der Waals surface area contributed by atoms with Crippen molar-refractivity contribution in [3.63, 3.8) is 0 Å². The van der Waals surface area contributed by atoms with E-state index in [4.69, 9.17) is 21.6 Å². The van der Waals surface area contributed by atoms with Crippen molar-refractivity contribution >= 4 is 45.2 Å². The minimum atomic E-state index is 0.365. The van der Waals surface area contributed by atoms with Crippen LogP contribution in [-0.4, -0.2) is 11.4 Å². The van der Waals surface area contributed by atoms with Gasteiger partial charge in [0, 0.05) is 16.5 Å². The molecule has 1 aliphatic rings. The Labute approximate surface area is 207 Å². The Bertz CT molecular complexity index is 1420. The molecule has 1 aliphatic carbocycles. The molecular formula is C31H29ClN2. The first-order valence-corrected chi connectivity index (χ1v) is 12.3. The van der Waals surface area contributed by atoms with E-state index in [1.807, 2.05) is 12.1 Å². The number of benzene rings is 4. The third-order valence-corrected chi connectivity index (χ3v) is 6.92. The van der Waals surface area contributed by atoms with E-state index in [1.54, 1.807) is 0 Å². The van der Waals surface area contributed by atoms with Crippen LogP contribution in [0.5, 0.6) is 0 Å². The average molecular weight is 465 g/mol. The number of hydrogen-bond donors (Lipinski definition) is 0. The van der Waals surface area contributed by atoms with Crippen LogP contribution in [0.4, 0.5) is 11.4 Å². The molecule has 0 heterocycles. The molecule has 0 radical (unpaired) electrons. The predicted molar refractivity (Wildman–Crippen MR) is 147 cm³/mol. The van der Waals surface area contributed by atoms with E-state index in [0.29, 0.717) is 16.9 Å². The van der Waals surface area contributed by atoms with Crippen molar-refractivity contribution < 1.29 is 0 Å². The summed E-state index contributed by atoms with van der Waals surface area (Å²) in [4.78, 5) is 10.6. The van der Waals surface area contributed by atoms with Crippen LogP contribution in [0.3, 0.4) is 0 Å². The monoisotopic (exact) mass is 464 g/mol. The van der Waals surface area contributed by atoms with Gasteiger partial charge < -0.3 is 0 Å². The van der Waals surface area contributed by atoms with Crippen LogP contribution < -0.4 is 0 Å². The van der Waals surface area contributed by atoms with Crippen LogP contribution in [0.15, 0.2) is 82.8 Å². The standard InChI is InChI=1S/C31H29ClN2/c1-18(2)22-13-9-14-23(19(3)4)29(22)34-31-25-16-8-12-21-11-7-15-24(27(21)25)30(31)33-28-20(5)10-6-17-26(28)32/h6-19H,1-5H3/b33-30+,34-31+. The molecule has 0 amide bonds. The van der Waals surface area contributed by atoms with Crippen molar-refractivity contribution in [2.75, 3.05) is 0 Å². The molecule has 0 unspecified atom stereocenters. The number of hydrogen-bond acceptors (Lipinski definition) is 2. The second-order valence-electron chi connectivity index (χ2n) is 9.63. The van der Waals surface area contributed by atoms with E-state index >= 15 is 0 Å². The second kappa shape index (κ2) is 8.85. The molecule has 2 nitrogen and oxygen atoms in total. The van der Waals surface area contributed by atoms with Gasteiger partial charge in [0.15, 0.2) is 0 Å². The number of aliphatic imine (C=N–C) groups is 2. The van der Waals surface area contributed by atoms with E-state index in [0.717, 1.165) is 39.5 Å². The Morgan fingerprint density at radius 2 is 1.12 bits per heavy atom. The van der Waals surface area contributed by atoms with Crippen molar-refractivity contribution in [3.05, 3.63) is 106 Å². The molecule has 0 aliphatic heterocycles. The molecule has 170 valence electrons. The van der Waals surface area contributed by atoms with Gasteiger partial charge in [-0.05, 0) is 46.9 Å². The fourth-order valence-corrected chi connectivity index (χ4v) is 5.11. The minimum absolute atomic E-state index is 0.365. The molecular weight excluding hydrogens is 436 g/mol. The highest BCUT2D eigenvalue weighted by Crippen LogP contribution is 2.39. The van der Waals surface area contributed by atoms with Crippen molar-refractivity contribution in [2.45, 2.75) is 46.5 Å². The van der Waals surface area contributed by atoms with E-state index in [-0.39, 0.29) is 0 Å². The van der Waals surface area contributed by atoms with Gasteiger partial charge in [-0.3, -0.25) is 0 Å². The first-order valence-electron chi connectivity index (χ1n) is 11.9. The molecule has 0 saturated carbocycles. The van der Waals surface area contributed by atoms with Crippen LogP contribution in [0.1, 0.15) is 67.3 Å². The molecule has 5 rings (SSSR count). The van der Waals surface area contributed by atoms with Gasteiger partial charge in [-0.15, -0.1) is 0 Å². The lowest BCUT2D eigenvalue weighted by atomic mass is 9.92.